The van der Waals surface area contributed by atoms with E-state index in [9.17, 15) is 4.79 Å². The molecule has 1 fully saturated rings. The van der Waals surface area contributed by atoms with Crippen LogP contribution in [0.15, 0.2) is 18.2 Å². The third-order valence-corrected chi connectivity index (χ3v) is 6.59. The van der Waals surface area contributed by atoms with Gasteiger partial charge < -0.3 is 9.80 Å². The van der Waals surface area contributed by atoms with E-state index in [2.05, 4.69) is 49.8 Å². The van der Waals surface area contributed by atoms with E-state index in [1.165, 1.54) is 15.8 Å². The Kier molecular flexibility index (Phi) is 4.87. The van der Waals surface area contributed by atoms with Crippen LogP contribution in [0.1, 0.15) is 47.2 Å². The maximum absolute atomic E-state index is 13.0. The summed E-state index contributed by atoms with van der Waals surface area (Å²) in [6.45, 7) is 13.3. The van der Waals surface area contributed by atoms with Crippen LogP contribution in [0.2, 0.25) is 0 Å². The average Bonchev–Trinajstić information content (AvgIpc) is 3.29. The number of hydrogen-bond acceptors (Lipinski definition) is 5. The minimum absolute atomic E-state index is 0.0740. The smallest absolute Gasteiger partial charge is 0.272 e. The number of hydrogen-bond donors (Lipinski definition) is 0. The van der Waals surface area contributed by atoms with Crippen LogP contribution in [0.25, 0.3) is 10.2 Å². The van der Waals surface area contributed by atoms with Gasteiger partial charge in [-0.05, 0) is 51.8 Å². The van der Waals surface area contributed by atoms with E-state index in [1.54, 1.807) is 11.3 Å². The van der Waals surface area contributed by atoms with Gasteiger partial charge in [0.05, 0.1) is 15.9 Å². The maximum atomic E-state index is 13.0. The fraction of sp³-hybridized carbons (Fsp3) is 0.476. The van der Waals surface area contributed by atoms with Crippen LogP contribution in [0, 0.1) is 20.8 Å². The second kappa shape index (κ2) is 7.20. The molecule has 3 heterocycles. The van der Waals surface area contributed by atoms with Crippen molar-refractivity contribution in [1.82, 2.24) is 19.7 Å². The monoisotopic (exact) mass is 397 g/mol. The third-order valence-electron chi connectivity index (χ3n) is 5.33. The molecule has 6 nitrogen and oxygen atoms in total. The summed E-state index contributed by atoms with van der Waals surface area (Å²) in [6.07, 6.45) is 0. The Morgan fingerprint density at radius 2 is 1.75 bits per heavy atom. The average molecular weight is 398 g/mol. The number of fused-ring (bicyclic) bond motifs is 1. The zero-order chi connectivity index (χ0) is 20.0. The highest BCUT2D eigenvalue weighted by atomic mass is 32.1. The van der Waals surface area contributed by atoms with E-state index < -0.39 is 0 Å². The molecule has 3 aromatic rings. The lowest BCUT2D eigenvalue weighted by molar-refractivity contribution is 0.0732. The molecule has 4 rings (SSSR count). The maximum Gasteiger partial charge on any atom is 0.272 e. The van der Waals surface area contributed by atoms with Gasteiger partial charge in [-0.1, -0.05) is 23.5 Å². The van der Waals surface area contributed by atoms with E-state index in [1.807, 2.05) is 22.6 Å². The molecule has 0 unspecified atom stereocenters. The first-order valence-corrected chi connectivity index (χ1v) is 10.6. The summed E-state index contributed by atoms with van der Waals surface area (Å²) in [4.78, 5) is 22.2. The first kappa shape index (κ1) is 18.9. The van der Waals surface area contributed by atoms with Crippen molar-refractivity contribution in [3.05, 3.63) is 40.7 Å². The number of aryl methyl sites for hydroxylation is 3. The van der Waals surface area contributed by atoms with Crippen molar-refractivity contribution in [3.8, 4) is 0 Å². The topological polar surface area (TPSA) is 54.3 Å². The molecule has 1 amide bonds. The third kappa shape index (κ3) is 3.28. The van der Waals surface area contributed by atoms with E-state index in [0.717, 1.165) is 29.4 Å². The summed E-state index contributed by atoms with van der Waals surface area (Å²) in [5, 5.41) is 5.54. The van der Waals surface area contributed by atoms with Gasteiger partial charge in [0.15, 0.2) is 5.13 Å². The van der Waals surface area contributed by atoms with Crippen LogP contribution in [0.3, 0.4) is 0 Å². The van der Waals surface area contributed by atoms with Crippen LogP contribution in [-0.4, -0.2) is 51.8 Å². The van der Waals surface area contributed by atoms with Crippen LogP contribution in [0.5, 0.6) is 0 Å². The predicted molar refractivity (Wildman–Crippen MR) is 115 cm³/mol. The largest absolute Gasteiger partial charge is 0.345 e. The zero-order valence-corrected chi connectivity index (χ0v) is 18.0. The van der Waals surface area contributed by atoms with Gasteiger partial charge in [0, 0.05) is 32.2 Å². The summed E-state index contributed by atoms with van der Waals surface area (Å²) in [6, 6.07) is 6.37. The number of benzene rings is 1. The molecule has 1 aliphatic heterocycles. The highest BCUT2D eigenvalue weighted by Crippen LogP contribution is 2.33. The normalized spacial score (nSPS) is 15.1. The van der Waals surface area contributed by atoms with Gasteiger partial charge in [0.25, 0.3) is 5.91 Å². The van der Waals surface area contributed by atoms with Gasteiger partial charge in [-0.15, -0.1) is 0 Å². The molecule has 0 bridgehead atoms. The highest BCUT2D eigenvalue weighted by Gasteiger charge is 2.27. The molecule has 1 saturated heterocycles. The van der Waals surface area contributed by atoms with Crippen molar-refractivity contribution < 1.29 is 4.79 Å². The Morgan fingerprint density at radius 1 is 1.07 bits per heavy atom. The summed E-state index contributed by atoms with van der Waals surface area (Å²) >= 11 is 1.76. The molecular weight excluding hydrogens is 370 g/mol. The predicted octanol–water partition coefficient (Wildman–Crippen LogP) is 3.96. The molecule has 7 heteroatoms. The minimum Gasteiger partial charge on any atom is -0.345 e. The highest BCUT2D eigenvalue weighted by molar-refractivity contribution is 7.22. The number of anilines is 1. The van der Waals surface area contributed by atoms with Gasteiger partial charge in [0.2, 0.25) is 0 Å². The first-order chi connectivity index (χ1) is 13.3. The molecule has 1 aromatic carbocycles. The Morgan fingerprint density at radius 3 is 2.39 bits per heavy atom. The Balaban J connectivity index is 1.50. The van der Waals surface area contributed by atoms with Crippen LogP contribution < -0.4 is 4.90 Å². The lowest BCUT2D eigenvalue weighted by Gasteiger charge is -2.34. The molecule has 1 aliphatic rings. The second-order valence-electron chi connectivity index (χ2n) is 7.86. The number of carbonyl (C=O) groups excluding carboxylic acids is 1. The van der Waals surface area contributed by atoms with E-state index >= 15 is 0 Å². The SMILES string of the molecule is Cc1cc(C(=O)N2CCN(c3nc4c(C)ccc(C)c4s3)CC2)n(C(C)C)n1. The van der Waals surface area contributed by atoms with Crippen molar-refractivity contribution in [3.63, 3.8) is 0 Å². The second-order valence-corrected chi connectivity index (χ2v) is 8.84. The molecule has 0 aliphatic carbocycles. The quantitative estimate of drug-likeness (QED) is 0.671. The summed E-state index contributed by atoms with van der Waals surface area (Å²) in [5.74, 6) is 0.0740. The van der Waals surface area contributed by atoms with Gasteiger partial charge >= 0.3 is 0 Å². The van der Waals surface area contributed by atoms with Crippen LogP contribution in [0.4, 0.5) is 5.13 Å². The molecule has 0 spiro atoms. The zero-order valence-electron chi connectivity index (χ0n) is 17.2. The van der Waals surface area contributed by atoms with Crippen molar-refractivity contribution in [2.75, 3.05) is 31.1 Å². The van der Waals surface area contributed by atoms with E-state index in [0.29, 0.717) is 18.8 Å². The van der Waals surface area contributed by atoms with Gasteiger partial charge in [0.1, 0.15) is 5.69 Å². The number of nitrogens with zero attached hydrogens (tertiary/aromatic N) is 5. The Hall–Kier alpha value is -2.41. The van der Waals surface area contributed by atoms with Crippen molar-refractivity contribution >= 4 is 32.6 Å². The lowest BCUT2D eigenvalue weighted by Crippen LogP contribution is -2.49. The Bertz CT molecular complexity index is 988. The van der Waals surface area contributed by atoms with Crippen LogP contribution >= 0.6 is 11.3 Å². The van der Waals surface area contributed by atoms with E-state index in [4.69, 9.17) is 4.98 Å². The molecule has 2 aromatic heterocycles. The molecule has 0 saturated carbocycles. The van der Waals surface area contributed by atoms with Gasteiger partial charge in [-0.2, -0.15) is 5.10 Å². The number of amides is 1. The first-order valence-electron chi connectivity index (χ1n) is 9.82. The van der Waals surface area contributed by atoms with Crippen molar-refractivity contribution in [1.29, 1.82) is 0 Å². The molecule has 0 N–H and O–H groups in total. The summed E-state index contributed by atoms with van der Waals surface area (Å²) in [5.41, 5.74) is 5.17. The van der Waals surface area contributed by atoms with Gasteiger partial charge in [-0.25, -0.2) is 4.98 Å². The molecule has 0 radical (unpaired) electrons. The molecule has 0 atom stereocenters. The molecular formula is C21H27N5OS. The number of rotatable bonds is 3. The lowest BCUT2D eigenvalue weighted by atomic mass is 10.1. The summed E-state index contributed by atoms with van der Waals surface area (Å²) in [7, 11) is 0. The minimum atomic E-state index is 0.0740. The molecule has 148 valence electrons. The number of piperazine rings is 1. The van der Waals surface area contributed by atoms with Crippen LogP contribution in [-0.2, 0) is 0 Å². The number of aromatic nitrogens is 3. The fourth-order valence-corrected chi connectivity index (χ4v) is 4.88. The number of thiazole rings is 1. The fourth-order valence-electron chi connectivity index (χ4n) is 3.72. The Labute approximate surface area is 169 Å². The van der Waals surface area contributed by atoms with Crippen molar-refractivity contribution in [2.45, 2.75) is 40.7 Å². The molecule has 28 heavy (non-hydrogen) atoms. The van der Waals surface area contributed by atoms with Crippen molar-refractivity contribution in [2.24, 2.45) is 0 Å². The number of carbonyl (C=O) groups is 1. The van der Waals surface area contributed by atoms with Gasteiger partial charge in [-0.3, -0.25) is 9.48 Å². The standard InChI is InChI=1S/C21H27N5OS/c1-13(2)26-17(12-16(5)23-26)20(27)24-8-10-25(11-9-24)21-22-18-14(3)6-7-15(4)19(18)28-21/h6-7,12-13H,8-11H2,1-5H3. The van der Waals surface area contributed by atoms with E-state index in [-0.39, 0.29) is 11.9 Å². The summed E-state index contributed by atoms with van der Waals surface area (Å²) < 4.78 is 3.10.